The van der Waals surface area contributed by atoms with Crippen molar-refractivity contribution in [3.8, 4) is 0 Å². The molecule has 0 bridgehead atoms. The molecule has 0 rings (SSSR count). The number of hydrogen-bond acceptors (Lipinski definition) is 4. The zero-order chi connectivity index (χ0) is 62.0. The van der Waals surface area contributed by atoms with E-state index in [9.17, 15) is 178 Å². The molecule has 0 fully saturated rings. The van der Waals surface area contributed by atoms with Crippen molar-refractivity contribution in [2.75, 3.05) is 0 Å². The zero-order valence-electron chi connectivity index (χ0n) is 30.6. The van der Waals surface area contributed by atoms with Gasteiger partial charge in [-0.05, 0) is 0 Å². The first-order valence-electron chi connectivity index (χ1n) is 12.0. The molecule has 0 aromatic rings. The summed E-state index contributed by atoms with van der Waals surface area (Å²) in [6.45, 7) is 31.5. The van der Waals surface area contributed by atoms with E-state index in [-0.39, 0.29) is 39.7 Å². The second-order valence-electron chi connectivity index (χ2n) is 8.70. The van der Waals surface area contributed by atoms with Gasteiger partial charge in [-0.15, -0.1) is 0 Å². The first-order valence-corrected chi connectivity index (χ1v) is 12.0. The summed E-state index contributed by atoms with van der Waals surface area (Å²) in [6.07, 6.45) is -83.8. The Balaban J connectivity index is -0.0000000535. The molecule has 0 heterocycles. The summed E-state index contributed by atoms with van der Waals surface area (Å²) in [5.41, 5.74) is -27.8. The maximum atomic E-state index is 11.3. The van der Waals surface area contributed by atoms with Crippen LogP contribution in [0.4, 0.5) is 158 Å². The van der Waals surface area contributed by atoms with Crippen molar-refractivity contribution in [2.24, 2.45) is 0 Å². The van der Waals surface area contributed by atoms with Crippen LogP contribution in [-0.2, 0) is 54.9 Å². The summed E-state index contributed by atoms with van der Waals surface area (Å²) < 4.78 is 461. The van der Waals surface area contributed by atoms with Crippen LogP contribution in [0.5, 0.6) is 0 Å². The van der Waals surface area contributed by atoms with Gasteiger partial charge in [-0.25, -0.2) is 0 Å². The normalized spacial score (nSPS) is 12.5. The molecular weight excluding hydrogens is 1260 g/mol. The molecule has 0 aliphatic heterocycles. The third-order valence-electron chi connectivity index (χ3n) is 4.79. The Morgan fingerprint density at radius 1 is 0.167 bits per heavy atom. The van der Waals surface area contributed by atoms with Gasteiger partial charge in [0.05, 0.1) is 0 Å². The van der Waals surface area contributed by atoms with E-state index < -0.39 is 96.5 Å². The summed E-state index contributed by atoms with van der Waals surface area (Å²) in [5.74, 6) is 0. The summed E-state index contributed by atoms with van der Waals surface area (Å²) in [4.78, 5) is 0. The SMILES string of the molecule is [Al+3].[C-]#[O+].[C-]#[O+].[C-]#[O+].[C-]#[O+].[C-]#[O+].[C-]#[O+].[C-]#[O+].[Nb].[O-]C(C(F)(F)F)(C(F)(F)F)C(F)(F)F.[O-]C(C(F)(F)F)(C(F)(F)F)C(F)(F)F.[O-]C(C(F)(F)F)(C(F)(F)F)C(F)(F)F.[O-]C(C(F)(F)F)(C(F)(F)F)C(F)(F)F. The van der Waals surface area contributed by atoms with E-state index in [1.807, 2.05) is 0 Å². The molecule has 0 aliphatic carbocycles. The van der Waals surface area contributed by atoms with E-state index in [4.69, 9.17) is 32.6 Å². The Bertz CT molecular complexity index is 1170. The molecular formula is C23AlF36NbO11-. The maximum Gasteiger partial charge on any atom is 0.397 e. The van der Waals surface area contributed by atoms with Crippen molar-refractivity contribution in [3.05, 3.63) is 46.6 Å². The molecule has 0 aromatic heterocycles. The van der Waals surface area contributed by atoms with E-state index >= 15 is 0 Å². The quantitative estimate of drug-likeness (QED) is 0.115. The van der Waals surface area contributed by atoms with Crippen LogP contribution in [-0.4, -0.2) is 114 Å². The topological polar surface area (TPSA) is 232 Å². The fourth-order valence-electron chi connectivity index (χ4n) is 1.93. The number of halogens is 36. The molecule has 0 aliphatic rings. The molecule has 0 atom stereocenters. The molecule has 419 valence electrons. The predicted molar refractivity (Wildman–Crippen MR) is 117 cm³/mol. The first-order chi connectivity index (χ1) is 30.0. The number of alkyl halides is 36. The van der Waals surface area contributed by atoms with Crippen LogP contribution in [0.25, 0.3) is 0 Å². The third-order valence-corrected chi connectivity index (χ3v) is 4.79. The third kappa shape index (κ3) is 26.3. The van der Waals surface area contributed by atoms with E-state index in [0.717, 1.165) is 0 Å². The Labute approximate surface area is 394 Å². The van der Waals surface area contributed by atoms with Crippen LogP contribution in [0.3, 0.4) is 0 Å². The van der Waals surface area contributed by atoms with Gasteiger partial charge < -0.3 is 20.4 Å². The van der Waals surface area contributed by atoms with Gasteiger partial charge in [0, 0.05) is 22.4 Å². The van der Waals surface area contributed by atoms with Crippen molar-refractivity contribution >= 4 is 17.4 Å². The van der Waals surface area contributed by atoms with Crippen molar-refractivity contribution in [1.29, 1.82) is 0 Å². The van der Waals surface area contributed by atoms with E-state index in [2.05, 4.69) is 46.6 Å². The molecule has 1 radical (unpaired) electrons. The maximum absolute atomic E-state index is 11.3. The number of hydrogen-bond donors (Lipinski definition) is 0. The molecule has 0 saturated carbocycles. The van der Waals surface area contributed by atoms with E-state index in [0.29, 0.717) is 0 Å². The summed E-state index contributed by atoms with van der Waals surface area (Å²) >= 11 is 0. The fourth-order valence-corrected chi connectivity index (χ4v) is 1.93. The van der Waals surface area contributed by atoms with Crippen molar-refractivity contribution in [1.82, 2.24) is 0 Å². The standard InChI is InChI=1S/4C4F9O.7CO.Al.Nb/c4*5-2(6,7)1(14,3(8,9)10)4(11,12)13;7*1-2;;/q4*-1;;;;;;;;+3;. The zero-order valence-corrected chi connectivity index (χ0v) is 34.0. The van der Waals surface area contributed by atoms with Gasteiger partial charge in [0.25, 0.3) is 0 Å². The van der Waals surface area contributed by atoms with Gasteiger partial charge in [0.2, 0.25) is 0 Å². The van der Waals surface area contributed by atoms with Gasteiger partial charge in [-0.1, -0.05) is 0 Å². The van der Waals surface area contributed by atoms with Crippen molar-refractivity contribution < 1.29 is 233 Å². The van der Waals surface area contributed by atoms with Crippen molar-refractivity contribution in [3.63, 3.8) is 0 Å². The minimum Gasteiger partial charge on any atom is -0.830 e. The largest absolute Gasteiger partial charge is 0.830 e. The second-order valence-corrected chi connectivity index (χ2v) is 8.70. The predicted octanol–water partition coefficient (Wildman–Crippen LogP) is 6.44. The van der Waals surface area contributed by atoms with Crippen LogP contribution < -0.4 is 20.4 Å². The molecule has 0 unspecified atom stereocenters. The van der Waals surface area contributed by atoms with E-state index in [1.54, 1.807) is 0 Å². The molecule has 49 heteroatoms. The summed E-state index contributed by atoms with van der Waals surface area (Å²) in [6, 6.07) is 0. The number of rotatable bonds is 0. The summed E-state index contributed by atoms with van der Waals surface area (Å²) in [5, 5.41) is 39.2. The van der Waals surface area contributed by atoms with Gasteiger partial charge in [0.15, 0.2) is 22.4 Å². The molecule has 11 nitrogen and oxygen atoms in total. The van der Waals surface area contributed by atoms with Gasteiger partial charge in [0.1, 0.15) is 0 Å². The van der Waals surface area contributed by atoms with Gasteiger partial charge in [-0.3, -0.25) is 0 Å². The molecule has 0 spiro atoms. The smallest absolute Gasteiger partial charge is 0.397 e. The minimum atomic E-state index is -6.98. The van der Waals surface area contributed by atoms with Gasteiger partial charge in [-0.2, -0.15) is 158 Å². The van der Waals surface area contributed by atoms with Crippen LogP contribution in [0, 0.1) is 46.6 Å². The molecule has 0 aromatic carbocycles. The minimum absolute atomic E-state index is 0. The Hall–Kier alpha value is -3.23. The fraction of sp³-hybridized carbons (Fsp3) is 0.696. The monoisotopic (exact) mass is 1260 g/mol. The molecule has 72 heavy (non-hydrogen) atoms. The van der Waals surface area contributed by atoms with Crippen LogP contribution in [0.2, 0.25) is 0 Å². The van der Waals surface area contributed by atoms with Crippen molar-refractivity contribution in [2.45, 2.75) is 96.5 Å². The second kappa shape index (κ2) is 35.1. The Kier molecular flexibility index (Phi) is 49.5. The van der Waals surface area contributed by atoms with Gasteiger partial charge >= 0.3 is 171 Å². The van der Waals surface area contributed by atoms with Crippen LogP contribution >= 0.6 is 0 Å². The summed E-state index contributed by atoms with van der Waals surface area (Å²) in [7, 11) is 0. The average molecular weight is 1260 g/mol. The molecule has 0 N–H and O–H groups in total. The Morgan fingerprint density at radius 2 is 0.194 bits per heavy atom. The Morgan fingerprint density at radius 3 is 0.194 bits per heavy atom. The molecule has 0 saturated heterocycles. The van der Waals surface area contributed by atoms with E-state index in [1.165, 1.54) is 0 Å². The first kappa shape index (κ1) is 102. The molecule has 0 amide bonds. The van der Waals surface area contributed by atoms with Crippen LogP contribution in [0.15, 0.2) is 0 Å². The average Bonchev–Trinajstić information content (AvgIpc) is 3.14. The van der Waals surface area contributed by atoms with Crippen LogP contribution in [0.1, 0.15) is 0 Å².